The molecule has 0 aliphatic rings. The van der Waals surface area contributed by atoms with Gasteiger partial charge in [-0.25, -0.2) is 4.39 Å². The number of nitriles is 1. The molecule has 0 amide bonds. The van der Waals surface area contributed by atoms with E-state index in [1.807, 2.05) is 13.0 Å². The summed E-state index contributed by atoms with van der Waals surface area (Å²) in [7, 11) is 0. The molecule has 2 nitrogen and oxygen atoms in total. The molecule has 0 saturated carbocycles. The Balaban J connectivity index is 2.29. The number of rotatable bonds is 2. The Kier molecular flexibility index (Phi) is 3.50. The zero-order valence-electron chi connectivity index (χ0n) is 9.58. The van der Waals surface area contributed by atoms with Gasteiger partial charge in [-0.15, -0.1) is 0 Å². The lowest BCUT2D eigenvalue weighted by Crippen LogP contribution is -1.90. The van der Waals surface area contributed by atoms with Crippen LogP contribution in [0.4, 0.5) is 4.39 Å². The van der Waals surface area contributed by atoms with Crippen molar-refractivity contribution >= 4 is 11.6 Å². The Bertz CT molecular complexity index is 634. The molecule has 2 aromatic carbocycles. The van der Waals surface area contributed by atoms with Crippen molar-refractivity contribution in [2.45, 2.75) is 6.92 Å². The van der Waals surface area contributed by atoms with Crippen molar-refractivity contribution < 1.29 is 9.13 Å². The maximum Gasteiger partial charge on any atom is 0.167 e. The van der Waals surface area contributed by atoms with E-state index in [0.717, 1.165) is 11.6 Å². The fourth-order valence-electron chi connectivity index (χ4n) is 1.46. The normalized spacial score (nSPS) is 9.89. The fourth-order valence-corrected chi connectivity index (χ4v) is 1.58. The molecule has 0 aliphatic carbocycles. The summed E-state index contributed by atoms with van der Waals surface area (Å²) in [5, 5.41) is 9.26. The first-order chi connectivity index (χ1) is 8.60. The van der Waals surface area contributed by atoms with Gasteiger partial charge < -0.3 is 4.74 Å². The number of halogens is 2. The van der Waals surface area contributed by atoms with Crippen molar-refractivity contribution in [3.63, 3.8) is 0 Å². The van der Waals surface area contributed by atoms with Crippen LogP contribution in [0.1, 0.15) is 11.1 Å². The zero-order chi connectivity index (χ0) is 13.1. The standard InChI is InChI=1S/C14H9ClFNO/c1-9-6-11(3-4-12(9)15)18-14-5-2-10(8-17)7-13(14)16/h2-7H,1H3. The van der Waals surface area contributed by atoms with E-state index in [1.54, 1.807) is 18.2 Å². The van der Waals surface area contributed by atoms with Gasteiger partial charge in [-0.3, -0.25) is 0 Å². The van der Waals surface area contributed by atoms with Crippen LogP contribution < -0.4 is 4.74 Å². The third-order valence-electron chi connectivity index (χ3n) is 2.42. The van der Waals surface area contributed by atoms with E-state index < -0.39 is 5.82 Å². The van der Waals surface area contributed by atoms with Crippen LogP contribution >= 0.6 is 11.6 Å². The minimum absolute atomic E-state index is 0.0794. The summed E-state index contributed by atoms with van der Waals surface area (Å²) >= 11 is 5.89. The first-order valence-corrected chi connectivity index (χ1v) is 5.61. The van der Waals surface area contributed by atoms with Gasteiger partial charge in [0.25, 0.3) is 0 Å². The van der Waals surface area contributed by atoms with Gasteiger partial charge in [0, 0.05) is 5.02 Å². The Morgan fingerprint density at radius 2 is 2.00 bits per heavy atom. The van der Waals surface area contributed by atoms with E-state index in [2.05, 4.69) is 0 Å². The third kappa shape index (κ3) is 2.61. The maximum absolute atomic E-state index is 13.6. The Labute approximate surface area is 109 Å². The highest BCUT2D eigenvalue weighted by Crippen LogP contribution is 2.28. The van der Waals surface area contributed by atoms with E-state index in [1.165, 1.54) is 12.1 Å². The van der Waals surface area contributed by atoms with Crippen molar-refractivity contribution in [1.82, 2.24) is 0 Å². The van der Waals surface area contributed by atoms with Crippen LogP contribution in [0, 0.1) is 24.1 Å². The third-order valence-corrected chi connectivity index (χ3v) is 2.84. The van der Waals surface area contributed by atoms with Gasteiger partial charge in [-0.2, -0.15) is 5.26 Å². The average Bonchev–Trinajstić information content (AvgIpc) is 2.36. The maximum atomic E-state index is 13.6. The molecule has 0 fully saturated rings. The van der Waals surface area contributed by atoms with Gasteiger partial charge in [0.2, 0.25) is 0 Å². The molecular formula is C14H9ClFNO. The van der Waals surface area contributed by atoms with Crippen molar-refractivity contribution in [2.24, 2.45) is 0 Å². The van der Waals surface area contributed by atoms with Crippen molar-refractivity contribution in [3.8, 4) is 17.6 Å². The highest BCUT2D eigenvalue weighted by molar-refractivity contribution is 6.31. The summed E-state index contributed by atoms with van der Waals surface area (Å²) in [6.07, 6.45) is 0. The summed E-state index contributed by atoms with van der Waals surface area (Å²) in [6.45, 7) is 1.84. The van der Waals surface area contributed by atoms with E-state index in [9.17, 15) is 4.39 Å². The molecule has 0 saturated heterocycles. The number of nitrogens with zero attached hydrogens (tertiary/aromatic N) is 1. The van der Waals surface area contributed by atoms with E-state index in [0.29, 0.717) is 10.8 Å². The molecule has 90 valence electrons. The van der Waals surface area contributed by atoms with Crippen LogP contribution in [0.5, 0.6) is 11.5 Å². The molecule has 0 aromatic heterocycles. The van der Waals surface area contributed by atoms with Crippen LogP contribution in [0.2, 0.25) is 5.02 Å². The number of ether oxygens (including phenoxy) is 1. The lowest BCUT2D eigenvalue weighted by Gasteiger charge is -2.08. The minimum atomic E-state index is -0.568. The fraction of sp³-hybridized carbons (Fsp3) is 0.0714. The summed E-state index contributed by atoms with van der Waals surface area (Å²) in [5.74, 6) is 0.0119. The quantitative estimate of drug-likeness (QED) is 0.800. The summed E-state index contributed by atoms with van der Waals surface area (Å²) < 4.78 is 19.0. The molecule has 0 atom stereocenters. The van der Waals surface area contributed by atoms with Gasteiger partial charge >= 0.3 is 0 Å². The minimum Gasteiger partial charge on any atom is -0.454 e. The van der Waals surface area contributed by atoms with E-state index in [4.69, 9.17) is 21.6 Å². The number of aryl methyl sites for hydroxylation is 1. The van der Waals surface area contributed by atoms with E-state index >= 15 is 0 Å². The number of benzene rings is 2. The molecule has 0 heterocycles. The molecule has 0 unspecified atom stereocenters. The Morgan fingerprint density at radius 3 is 2.61 bits per heavy atom. The molecule has 4 heteroatoms. The second-order valence-corrected chi connectivity index (χ2v) is 4.18. The summed E-state index contributed by atoms with van der Waals surface area (Å²) in [5.41, 5.74) is 1.11. The van der Waals surface area contributed by atoms with Crippen molar-refractivity contribution in [3.05, 3.63) is 58.4 Å². The SMILES string of the molecule is Cc1cc(Oc2ccc(C#N)cc2F)ccc1Cl. The largest absolute Gasteiger partial charge is 0.454 e. The van der Waals surface area contributed by atoms with Crippen LogP contribution in [-0.4, -0.2) is 0 Å². The molecule has 18 heavy (non-hydrogen) atoms. The predicted octanol–water partition coefficient (Wildman–Crippen LogP) is 4.45. The number of hydrogen-bond acceptors (Lipinski definition) is 2. The number of hydrogen-bond donors (Lipinski definition) is 0. The lowest BCUT2D eigenvalue weighted by molar-refractivity contribution is 0.442. The van der Waals surface area contributed by atoms with Crippen molar-refractivity contribution in [1.29, 1.82) is 5.26 Å². The first-order valence-electron chi connectivity index (χ1n) is 5.24. The summed E-state index contributed by atoms with van der Waals surface area (Å²) in [4.78, 5) is 0. The Morgan fingerprint density at radius 1 is 1.22 bits per heavy atom. The van der Waals surface area contributed by atoms with E-state index in [-0.39, 0.29) is 11.3 Å². The van der Waals surface area contributed by atoms with Crippen LogP contribution in [0.3, 0.4) is 0 Å². The second-order valence-electron chi connectivity index (χ2n) is 3.77. The molecule has 0 radical (unpaired) electrons. The molecule has 2 rings (SSSR count). The molecular weight excluding hydrogens is 253 g/mol. The monoisotopic (exact) mass is 261 g/mol. The highest BCUT2D eigenvalue weighted by Gasteiger charge is 2.07. The lowest BCUT2D eigenvalue weighted by atomic mass is 10.2. The topological polar surface area (TPSA) is 33.0 Å². The van der Waals surface area contributed by atoms with Gasteiger partial charge in [-0.1, -0.05) is 11.6 Å². The van der Waals surface area contributed by atoms with Crippen LogP contribution in [-0.2, 0) is 0 Å². The van der Waals surface area contributed by atoms with Gasteiger partial charge in [0.15, 0.2) is 11.6 Å². The predicted molar refractivity (Wildman–Crippen MR) is 67.4 cm³/mol. The van der Waals surface area contributed by atoms with Gasteiger partial charge in [-0.05, 0) is 48.9 Å². The average molecular weight is 262 g/mol. The van der Waals surface area contributed by atoms with Crippen molar-refractivity contribution in [2.75, 3.05) is 0 Å². The smallest absolute Gasteiger partial charge is 0.167 e. The molecule has 0 bridgehead atoms. The first kappa shape index (κ1) is 12.4. The Hall–Kier alpha value is -2.05. The highest BCUT2D eigenvalue weighted by atomic mass is 35.5. The molecule has 0 spiro atoms. The zero-order valence-corrected chi connectivity index (χ0v) is 10.3. The van der Waals surface area contributed by atoms with Gasteiger partial charge in [0.05, 0.1) is 11.6 Å². The molecule has 2 aromatic rings. The van der Waals surface area contributed by atoms with Crippen LogP contribution in [0.15, 0.2) is 36.4 Å². The summed E-state index contributed by atoms with van der Waals surface area (Å²) in [6, 6.07) is 11.0. The van der Waals surface area contributed by atoms with Crippen LogP contribution in [0.25, 0.3) is 0 Å². The van der Waals surface area contributed by atoms with Gasteiger partial charge in [0.1, 0.15) is 5.75 Å². The molecule has 0 aliphatic heterocycles. The second kappa shape index (κ2) is 5.07. The molecule has 0 N–H and O–H groups in total.